The maximum Gasteiger partial charge on any atom is 0.247 e. The first-order valence-electron chi connectivity index (χ1n) is 9.50. The molecule has 8 nitrogen and oxygen atoms in total. The van der Waals surface area contributed by atoms with Gasteiger partial charge in [0.1, 0.15) is 5.75 Å². The van der Waals surface area contributed by atoms with Crippen molar-refractivity contribution in [3.63, 3.8) is 0 Å². The number of hydrogen-bond donors (Lipinski definition) is 0. The number of likely N-dealkylation sites (N-methyl/N-ethyl adjacent to an activating group) is 1. The molecule has 2 aliphatic heterocycles. The third-order valence-electron chi connectivity index (χ3n) is 5.36. The van der Waals surface area contributed by atoms with Crippen molar-refractivity contribution in [3.05, 3.63) is 30.5 Å². The number of nitrogens with zero attached hydrogens (tertiary/aromatic N) is 7. The number of aromatic nitrogens is 3. The Hall–Kier alpha value is -2.61. The fourth-order valence-electron chi connectivity index (χ4n) is 3.57. The smallest absolute Gasteiger partial charge is 0.247 e. The van der Waals surface area contributed by atoms with E-state index in [1.54, 1.807) is 13.3 Å². The Morgan fingerprint density at radius 1 is 0.815 bits per heavy atom. The van der Waals surface area contributed by atoms with Crippen molar-refractivity contribution < 1.29 is 4.74 Å². The van der Waals surface area contributed by atoms with E-state index in [2.05, 4.69) is 49.0 Å². The number of ether oxygens (including phenoxy) is 1. The average molecular weight is 369 g/mol. The van der Waals surface area contributed by atoms with E-state index < -0.39 is 0 Å². The van der Waals surface area contributed by atoms with Gasteiger partial charge < -0.3 is 24.3 Å². The zero-order valence-corrected chi connectivity index (χ0v) is 16.1. The highest BCUT2D eigenvalue weighted by atomic mass is 16.5. The molecule has 4 rings (SSSR count). The van der Waals surface area contributed by atoms with Crippen LogP contribution < -0.4 is 19.4 Å². The van der Waals surface area contributed by atoms with Gasteiger partial charge in [-0.05, 0) is 31.3 Å². The van der Waals surface area contributed by atoms with Crippen LogP contribution in [0, 0.1) is 0 Å². The zero-order chi connectivity index (χ0) is 18.6. The van der Waals surface area contributed by atoms with E-state index >= 15 is 0 Å². The molecule has 0 saturated carbocycles. The number of benzene rings is 1. The third-order valence-corrected chi connectivity index (χ3v) is 5.36. The lowest BCUT2D eigenvalue weighted by Crippen LogP contribution is -2.47. The average Bonchev–Trinajstić information content (AvgIpc) is 2.75. The molecule has 144 valence electrons. The molecule has 0 bridgehead atoms. The number of anilines is 3. The summed E-state index contributed by atoms with van der Waals surface area (Å²) in [7, 11) is 3.85. The van der Waals surface area contributed by atoms with Crippen LogP contribution in [0.5, 0.6) is 5.75 Å². The Balaban J connectivity index is 1.38. The minimum atomic E-state index is 0.737. The van der Waals surface area contributed by atoms with Crippen molar-refractivity contribution in [1.82, 2.24) is 20.1 Å². The molecule has 2 aromatic rings. The summed E-state index contributed by atoms with van der Waals surface area (Å²) < 4.78 is 5.24. The van der Waals surface area contributed by atoms with Crippen LogP contribution in [0.3, 0.4) is 0 Å². The Morgan fingerprint density at radius 3 is 2.11 bits per heavy atom. The Morgan fingerprint density at radius 2 is 1.44 bits per heavy atom. The van der Waals surface area contributed by atoms with Gasteiger partial charge in [0.2, 0.25) is 5.95 Å². The number of rotatable bonds is 4. The second-order valence-electron chi connectivity index (χ2n) is 7.08. The Labute approximate surface area is 160 Å². The summed E-state index contributed by atoms with van der Waals surface area (Å²) in [5.74, 6) is 2.56. The van der Waals surface area contributed by atoms with E-state index in [9.17, 15) is 0 Å². The summed E-state index contributed by atoms with van der Waals surface area (Å²) in [6, 6.07) is 8.24. The highest BCUT2D eigenvalue weighted by molar-refractivity contribution is 5.51. The molecular formula is C19H27N7O. The highest BCUT2D eigenvalue weighted by Crippen LogP contribution is 2.22. The molecule has 3 heterocycles. The molecule has 27 heavy (non-hydrogen) atoms. The number of methoxy groups -OCH3 is 1. The predicted molar refractivity (Wildman–Crippen MR) is 107 cm³/mol. The van der Waals surface area contributed by atoms with Crippen molar-refractivity contribution in [2.45, 2.75) is 0 Å². The minimum absolute atomic E-state index is 0.737. The van der Waals surface area contributed by atoms with E-state index in [1.165, 1.54) is 5.69 Å². The molecule has 1 aromatic heterocycles. The van der Waals surface area contributed by atoms with Gasteiger partial charge in [0.15, 0.2) is 5.82 Å². The maximum atomic E-state index is 5.24. The molecule has 2 fully saturated rings. The van der Waals surface area contributed by atoms with Crippen LogP contribution in [-0.2, 0) is 0 Å². The minimum Gasteiger partial charge on any atom is -0.497 e. The van der Waals surface area contributed by atoms with Crippen LogP contribution >= 0.6 is 0 Å². The van der Waals surface area contributed by atoms with Crippen LogP contribution in [0.15, 0.2) is 30.5 Å². The van der Waals surface area contributed by atoms with Crippen LogP contribution in [-0.4, -0.2) is 86.6 Å². The van der Waals surface area contributed by atoms with Crippen molar-refractivity contribution in [1.29, 1.82) is 0 Å². The third kappa shape index (κ3) is 4.05. The van der Waals surface area contributed by atoms with E-state index in [4.69, 9.17) is 9.72 Å². The standard InChI is InChI=1S/C19H27N7O/c1-23-7-9-25(10-8-23)18-15-20-22-19(21-18)26-13-11-24(12-14-26)16-3-5-17(27-2)6-4-16/h3-6,15H,7-14H2,1-2H3. The fraction of sp³-hybridized carbons (Fsp3) is 0.526. The van der Waals surface area contributed by atoms with Gasteiger partial charge in [-0.15, -0.1) is 5.10 Å². The van der Waals surface area contributed by atoms with Crippen molar-refractivity contribution in [3.8, 4) is 5.75 Å². The first-order valence-corrected chi connectivity index (χ1v) is 9.50. The Kier molecular flexibility index (Phi) is 5.24. The topological polar surface area (TPSA) is 60.9 Å². The molecule has 2 aliphatic rings. The quantitative estimate of drug-likeness (QED) is 0.790. The van der Waals surface area contributed by atoms with Gasteiger partial charge >= 0.3 is 0 Å². The molecule has 0 spiro atoms. The van der Waals surface area contributed by atoms with Gasteiger partial charge in [-0.3, -0.25) is 0 Å². The SMILES string of the molecule is COc1ccc(N2CCN(c3nncc(N4CCN(C)CC4)n3)CC2)cc1. The van der Waals surface area contributed by atoms with Gasteiger partial charge in [0.25, 0.3) is 0 Å². The normalized spacial score (nSPS) is 18.7. The molecule has 0 radical (unpaired) electrons. The summed E-state index contributed by atoms with van der Waals surface area (Å²) in [5.41, 5.74) is 1.22. The van der Waals surface area contributed by atoms with Gasteiger partial charge in [-0.2, -0.15) is 10.1 Å². The van der Waals surface area contributed by atoms with E-state index in [0.29, 0.717) is 0 Å². The highest BCUT2D eigenvalue weighted by Gasteiger charge is 2.22. The molecule has 0 N–H and O–H groups in total. The summed E-state index contributed by atoms with van der Waals surface area (Å²) >= 11 is 0. The molecule has 2 saturated heterocycles. The molecule has 0 amide bonds. The first-order chi connectivity index (χ1) is 13.2. The van der Waals surface area contributed by atoms with E-state index in [1.807, 2.05) is 12.1 Å². The molecule has 0 aliphatic carbocycles. The second-order valence-corrected chi connectivity index (χ2v) is 7.08. The van der Waals surface area contributed by atoms with Gasteiger partial charge in [0, 0.05) is 58.0 Å². The summed E-state index contributed by atoms with van der Waals surface area (Å²) in [6.07, 6.45) is 1.78. The first kappa shape index (κ1) is 17.8. The maximum absolute atomic E-state index is 5.24. The van der Waals surface area contributed by atoms with E-state index in [0.717, 1.165) is 69.9 Å². The van der Waals surface area contributed by atoms with Gasteiger partial charge in [0.05, 0.1) is 13.3 Å². The molecule has 0 atom stereocenters. The second kappa shape index (κ2) is 7.96. The van der Waals surface area contributed by atoms with Crippen LogP contribution in [0.1, 0.15) is 0 Å². The fourth-order valence-corrected chi connectivity index (χ4v) is 3.57. The Bertz CT molecular complexity index is 738. The summed E-state index contributed by atoms with van der Waals surface area (Å²) in [4.78, 5) is 14.0. The summed E-state index contributed by atoms with van der Waals surface area (Å²) in [5, 5.41) is 8.50. The van der Waals surface area contributed by atoms with Crippen LogP contribution in [0.4, 0.5) is 17.5 Å². The lowest BCUT2D eigenvalue weighted by Gasteiger charge is -2.36. The molecule has 1 aromatic carbocycles. The lowest BCUT2D eigenvalue weighted by atomic mass is 10.2. The van der Waals surface area contributed by atoms with Crippen molar-refractivity contribution in [2.75, 3.05) is 81.2 Å². The number of hydrogen-bond acceptors (Lipinski definition) is 8. The monoisotopic (exact) mass is 369 g/mol. The number of piperazine rings is 2. The van der Waals surface area contributed by atoms with Crippen molar-refractivity contribution in [2.24, 2.45) is 0 Å². The largest absolute Gasteiger partial charge is 0.497 e. The zero-order valence-electron chi connectivity index (χ0n) is 16.1. The lowest BCUT2D eigenvalue weighted by molar-refractivity contribution is 0.312. The predicted octanol–water partition coefficient (Wildman–Crippen LogP) is 0.959. The molecule has 8 heteroatoms. The van der Waals surface area contributed by atoms with Crippen LogP contribution in [0.2, 0.25) is 0 Å². The summed E-state index contributed by atoms with van der Waals surface area (Å²) in [6.45, 7) is 7.74. The molecule has 0 unspecified atom stereocenters. The van der Waals surface area contributed by atoms with Crippen molar-refractivity contribution >= 4 is 17.5 Å². The van der Waals surface area contributed by atoms with E-state index in [-0.39, 0.29) is 0 Å². The van der Waals surface area contributed by atoms with Gasteiger partial charge in [-0.1, -0.05) is 0 Å². The van der Waals surface area contributed by atoms with Crippen LogP contribution in [0.25, 0.3) is 0 Å². The molecular weight excluding hydrogens is 342 g/mol. The van der Waals surface area contributed by atoms with Gasteiger partial charge in [-0.25, -0.2) is 0 Å².